The number of hydrogen-bond acceptors (Lipinski definition) is 5. The molecule has 1 aromatic heterocycles. The Morgan fingerprint density at radius 2 is 2.20 bits per heavy atom. The average molecular weight is 229 g/mol. The quantitative estimate of drug-likeness (QED) is 0.670. The summed E-state index contributed by atoms with van der Waals surface area (Å²) in [5.41, 5.74) is 0. The van der Waals surface area contributed by atoms with Gasteiger partial charge in [0.1, 0.15) is 5.82 Å². The molecule has 4 nitrogen and oxygen atoms in total. The van der Waals surface area contributed by atoms with Crippen molar-refractivity contribution < 1.29 is 5.11 Å². The van der Waals surface area contributed by atoms with Crippen LogP contribution in [-0.2, 0) is 6.42 Å². The Kier molecular flexibility index (Phi) is 6.27. The topological polar surface area (TPSA) is 58.0 Å². The van der Waals surface area contributed by atoms with Crippen molar-refractivity contribution in [2.24, 2.45) is 0 Å². The van der Waals surface area contributed by atoms with E-state index in [-0.39, 0.29) is 0 Å². The molecule has 0 fully saturated rings. The third kappa shape index (κ3) is 5.09. The summed E-state index contributed by atoms with van der Waals surface area (Å²) in [6, 6.07) is 0. The van der Waals surface area contributed by atoms with Crippen LogP contribution in [0.3, 0.4) is 0 Å². The van der Waals surface area contributed by atoms with Gasteiger partial charge >= 0.3 is 0 Å². The van der Waals surface area contributed by atoms with E-state index < -0.39 is 0 Å². The number of aryl methyl sites for hydroxylation is 1. The Labute approximate surface area is 94.9 Å². The molecule has 15 heavy (non-hydrogen) atoms. The summed E-state index contributed by atoms with van der Waals surface area (Å²) in [6.07, 6.45) is 5.07. The summed E-state index contributed by atoms with van der Waals surface area (Å²) in [7, 11) is 0. The lowest BCUT2D eigenvalue weighted by molar-refractivity contribution is 0.283. The molecule has 86 valence electrons. The van der Waals surface area contributed by atoms with Crippen LogP contribution in [0, 0.1) is 0 Å². The van der Waals surface area contributed by atoms with Crippen LogP contribution in [0.1, 0.15) is 38.4 Å². The SMILES string of the molecule is CCCc1nsc(NCCCCCO)n1. The number of aliphatic hydroxyl groups is 1. The second-order valence-corrected chi connectivity index (χ2v) is 4.23. The van der Waals surface area contributed by atoms with Gasteiger partial charge in [0.25, 0.3) is 0 Å². The number of nitrogens with zero attached hydrogens (tertiary/aromatic N) is 2. The number of aromatic nitrogens is 2. The predicted octanol–water partition coefficient (Wildman–Crippen LogP) is 2.07. The Hall–Kier alpha value is -0.680. The lowest BCUT2D eigenvalue weighted by atomic mass is 10.2. The van der Waals surface area contributed by atoms with Crippen LogP contribution in [0.2, 0.25) is 0 Å². The number of anilines is 1. The smallest absolute Gasteiger partial charge is 0.202 e. The number of unbranched alkanes of at least 4 members (excludes halogenated alkanes) is 2. The predicted molar refractivity (Wildman–Crippen MR) is 63.3 cm³/mol. The van der Waals surface area contributed by atoms with E-state index in [0.29, 0.717) is 6.61 Å². The van der Waals surface area contributed by atoms with Crippen LogP contribution in [0.5, 0.6) is 0 Å². The monoisotopic (exact) mass is 229 g/mol. The molecule has 0 saturated heterocycles. The fourth-order valence-corrected chi connectivity index (χ4v) is 1.90. The minimum absolute atomic E-state index is 0.291. The minimum Gasteiger partial charge on any atom is -0.396 e. The maximum atomic E-state index is 8.60. The van der Waals surface area contributed by atoms with Crippen molar-refractivity contribution >= 4 is 16.7 Å². The van der Waals surface area contributed by atoms with Gasteiger partial charge in [-0.05, 0) is 25.7 Å². The number of rotatable bonds is 8. The van der Waals surface area contributed by atoms with Crippen molar-refractivity contribution in [1.29, 1.82) is 0 Å². The fraction of sp³-hybridized carbons (Fsp3) is 0.800. The van der Waals surface area contributed by atoms with Crippen LogP contribution < -0.4 is 5.32 Å². The maximum Gasteiger partial charge on any atom is 0.202 e. The van der Waals surface area contributed by atoms with Crippen molar-refractivity contribution in [3.05, 3.63) is 5.82 Å². The van der Waals surface area contributed by atoms with Crippen molar-refractivity contribution in [1.82, 2.24) is 9.36 Å². The van der Waals surface area contributed by atoms with E-state index in [9.17, 15) is 0 Å². The van der Waals surface area contributed by atoms with Crippen LogP contribution in [-0.4, -0.2) is 27.6 Å². The molecule has 2 N–H and O–H groups in total. The highest BCUT2D eigenvalue weighted by atomic mass is 32.1. The van der Waals surface area contributed by atoms with Gasteiger partial charge in [-0.3, -0.25) is 0 Å². The summed E-state index contributed by atoms with van der Waals surface area (Å²) < 4.78 is 4.25. The molecule has 0 spiro atoms. The molecule has 0 aliphatic rings. The van der Waals surface area contributed by atoms with Gasteiger partial charge < -0.3 is 10.4 Å². The summed E-state index contributed by atoms with van der Waals surface area (Å²) in [6.45, 7) is 3.34. The molecule has 1 aromatic rings. The second-order valence-electron chi connectivity index (χ2n) is 3.48. The van der Waals surface area contributed by atoms with Gasteiger partial charge in [0.15, 0.2) is 0 Å². The van der Waals surface area contributed by atoms with Crippen LogP contribution >= 0.6 is 11.5 Å². The maximum absolute atomic E-state index is 8.60. The zero-order valence-electron chi connectivity index (χ0n) is 9.20. The van der Waals surface area contributed by atoms with E-state index in [1.807, 2.05) is 0 Å². The zero-order chi connectivity index (χ0) is 10.9. The Morgan fingerprint density at radius 3 is 2.93 bits per heavy atom. The third-order valence-electron chi connectivity index (χ3n) is 2.05. The number of hydrogen-bond donors (Lipinski definition) is 2. The standard InChI is InChI=1S/C10H19N3OS/c1-2-6-9-12-10(15-13-9)11-7-4-3-5-8-14/h14H,2-8H2,1H3,(H,11,12,13). The van der Waals surface area contributed by atoms with E-state index in [0.717, 1.165) is 49.6 Å². The molecule has 0 atom stereocenters. The Balaban J connectivity index is 2.14. The number of nitrogens with one attached hydrogen (secondary N) is 1. The molecule has 1 rings (SSSR count). The molecule has 5 heteroatoms. The summed E-state index contributed by atoms with van der Waals surface area (Å²) in [5.74, 6) is 0.945. The van der Waals surface area contributed by atoms with E-state index in [1.54, 1.807) is 0 Å². The van der Waals surface area contributed by atoms with Gasteiger partial charge in [-0.15, -0.1) is 0 Å². The van der Waals surface area contributed by atoms with Gasteiger partial charge in [0.2, 0.25) is 5.13 Å². The molecule has 0 aliphatic heterocycles. The van der Waals surface area contributed by atoms with Gasteiger partial charge in [0.05, 0.1) is 0 Å². The van der Waals surface area contributed by atoms with E-state index in [1.165, 1.54) is 11.5 Å². The highest BCUT2D eigenvalue weighted by Gasteiger charge is 2.01. The minimum atomic E-state index is 0.291. The van der Waals surface area contributed by atoms with E-state index >= 15 is 0 Å². The van der Waals surface area contributed by atoms with Crippen molar-refractivity contribution in [2.45, 2.75) is 39.0 Å². The highest BCUT2D eigenvalue weighted by molar-refractivity contribution is 7.09. The summed E-state index contributed by atoms with van der Waals surface area (Å²) in [5, 5.41) is 12.8. The first-order valence-electron chi connectivity index (χ1n) is 5.54. The van der Waals surface area contributed by atoms with Gasteiger partial charge in [0, 0.05) is 31.1 Å². The summed E-state index contributed by atoms with van der Waals surface area (Å²) >= 11 is 1.43. The molecule has 0 amide bonds. The second kappa shape index (κ2) is 7.59. The molecular formula is C10H19N3OS. The largest absolute Gasteiger partial charge is 0.396 e. The Morgan fingerprint density at radius 1 is 1.33 bits per heavy atom. The van der Waals surface area contributed by atoms with Crippen LogP contribution in [0.15, 0.2) is 0 Å². The van der Waals surface area contributed by atoms with Crippen LogP contribution in [0.25, 0.3) is 0 Å². The lowest BCUT2D eigenvalue weighted by Crippen LogP contribution is -2.01. The molecule has 0 saturated carbocycles. The average Bonchev–Trinajstić information content (AvgIpc) is 2.66. The molecule has 1 heterocycles. The van der Waals surface area contributed by atoms with E-state index in [4.69, 9.17) is 5.11 Å². The third-order valence-corrected chi connectivity index (χ3v) is 2.76. The van der Waals surface area contributed by atoms with Crippen molar-refractivity contribution in [3.8, 4) is 0 Å². The number of aliphatic hydroxyl groups excluding tert-OH is 1. The molecule has 0 aromatic carbocycles. The Bertz CT molecular complexity index is 265. The lowest BCUT2D eigenvalue weighted by Gasteiger charge is -2.00. The van der Waals surface area contributed by atoms with Gasteiger partial charge in [-0.25, -0.2) is 4.98 Å². The van der Waals surface area contributed by atoms with Crippen molar-refractivity contribution in [3.63, 3.8) is 0 Å². The first-order valence-corrected chi connectivity index (χ1v) is 6.31. The summed E-state index contributed by atoms with van der Waals surface area (Å²) in [4.78, 5) is 4.36. The normalized spacial score (nSPS) is 10.5. The first-order chi connectivity index (χ1) is 7.36. The molecular weight excluding hydrogens is 210 g/mol. The molecule has 0 radical (unpaired) electrons. The fourth-order valence-electron chi connectivity index (χ4n) is 1.26. The molecule has 0 aliphatic carbocycles. The van der Waals surface area contributed by atoms with Crippen molar-refractivity contribution in [2.75, 3.05) is 18.5 Å². The van der Waals surface area contributed by atoms with Crippen LogP contribution in [0.4, 0.5) is 5.13 Å². The first kappa shape index (κ1) is 12.4. The molecule has 0 unspecified atom stereocenters. The van der Waals surface area contributed by atoms with E-state index in [2.05, 4.69) is 21.6 Å². The zero-order valence-corrected chi connectivity index (χ0v) is 10.0. The van der Waals surface area contributed by atoms with Gasteiger partial charge in [-0.1, -0.05) is 6.92 Å². The highest BCUT2D eigenvalue weighted by Crippen LogP contribution is 2.12. The van der Waals surface area contributed by atoms with Gasteiger partial charge in [-0.2, -0.15) is 4.37 Å². The molecule has 0 bridgehead atoms.